The van der Waals surface area contributed by atoms with Gasteiger partial charge in [0.15, 0.2) is 0 Å². The van der Waals surface area contributed by atoms with Gasteiger partial charge in [-0.2, -0.15) is 0 Å². The molecule has 1 atom stereocenters. The zero-order valence-electron chi connectivity index (χ0n) is 12.6. The summed E-state index contributed by atoms with van der Waals surface area (Å²) in [6.07, 6.45) is 0. The van der Waals surface area contributed by atoms with Crippen molar-refractivity contribution in [2.75, 3.05) is 0 Å². The van der Waals surface area contributed by atoms with Crippen molar-refractivity contribution in [2.45, 2.75) is 19.0 Å². The molecule has 2 aromatic carbocycles. The van der Waals surface area contributed by atoms with Crippen LogP contribution in [-0.4, -0.2) is 16.8 Å². The number of amides is 3. The fourth-order valence-electron chi connectivity index (χ4n) is 2.71. The van der Waals surface area contributed by atoms with Crippen LogP contribution in [0.5, 0.6) is 0 Å². The molecule has 1 N–H and O–H groups in total. The van der Waals surface area contributed by atoms with E-state index in [-0.39, 0.29) is 12.5 Å². The number of imide groups is 1. The standard InChI is InChI=1S/C17H13Cl3N2O2/c1-17(11-4-2-3-5-12(11)18)15(23)22(16(24)21-17)9-10-6-7-13(19)14(20)8-10/h2-8H,9H2,1H3,(H,21,24)/t17-/m0/s1. The molecule has 0 aromatic heterocycles. The molecule has 1 saturated heterocycles. The molecule has 1 aliphatic rings. The second kappa shape index (κ2) is 6.28. The van der Waals surface area contributed by atoms with E-state index in [2.05, 4.69) is 5.32 Å². The topological polar surface area (TPSA) is 49.4 Å². The summed E-state index contributed by atoms with van der Waals surface area (Å²) in [4.78, 5) is 26.3. The molecule has 0 radical (unpaired) electrons. The van der Waals surface area contributed by atoms with Gasteiger partial charge in [-0.15, -0.1) is 0 Å². The lowest BCUT2D eigenvalue weighted by atomic mass is 9.92. The fourth-order valence-corrected chi connectivity index (χ4v) is 3.36. The molecule has 124 valence electrons. The number of carbonyl (C=O) groups excluding carboxylic acids is 2. The molecule has 7 heteroatoms. The third kappa shape index (κ3) is 2.86. The lowest BCUT2D eigenvalue weighted by Crippen LogP contribution is -2.41. The van der Waals surface area contributed by atoms with Crippen molar-refractivity contribution < 1.29 is 9.59 Å². The van der Waals surface area contributed by atoms with E-state index in [4.69, 9.17) is 34.8 Å². The number of carbonyl (C=O) groups is 2. The lowest BCUT2D eigenvalue weighted by molar-refractivity contribution is -0.131. The summed E-state index contributed by atoms with van der Waals surface area (Å²) >= 11 is 18.1. The molecule has 24 heavy (non-hydrogen) atoms. The first-order valence-corrected chi connectivity index (χ1v) is 8.29. The van der Waals surface area contributed by atoms with Gasteiger partial charge in [-0.1, -0.05) is 59.1 Å². The molecule has 0 spiro atoms. The first-order valence-electron chi connectivity index (χ1n) is 7.16. The summed E-state index contributed by atoms with van der Waals surface area (Å²) < 4.78 is 0. The van der Waals surface area contributed by atoms with Crippen molar-refractivity contribution in [3.63, 3.8) is 0 Å². The van der Waals surface area contributed by atoms with Gasteiger partial charge in [-0.25, -0.2) is 4.79 Å². The zero-order valence-corrected chi connectivity index (χ0v) is 14.9. The number of nitrogens with zero attached hydrogens (tertiary/aromatic N) is 1. The first kappa shape index (κ1) is 17.1. The van der Waals surface area contributed by atoms with Gasteiger partial charge in [-0.3, -0.25) is 9.69 Å². The normalized spacial score (nSPS) is 20.4. The third-order valence-corrected chi connectivity index (χ3v) is 5.08. The van der Waals surface area contributed by atoms with Crippen LogP contribution < -0.4 is 5.32 Å². The van der Waals surface area contributed by atoms with Gasteiger partial charge in [0.05, 0.1) is 16.6 Å². The minimum Gasteiger partial charge on any atom is -0.319 e. The van der Waals surface area contributed by atoms with Crippen molar-refractivity contribution in [3.05, 3.63) is 68.7 Å². The van der Waals surface area contributed by atoms with Gasteiger partial charge in [0.2, 0.25) is 0 Å². The summed E-state index contributed by atoms with van der Waals surface area (Å²) in [6, 6.07) is 11.5. The van der Waals surface area contributed by atoms with Gasteiger partial charge in [0.1, 0.15) is 5.54 Å². The van der Waals surface area contributed by atoms with Crippen molar-refractivity contribution >= 4 is 46.7 Å². The number of halogens is 3. The second-order valence-corrected chi connectivity index (χ2v) is 6.90. The number of hydrogen-bond acceptors (Lipinski definition) is 2. The highest BCUT2D eigenvalue weighted by Gasteiger charge is 2.49. The molecule has 0 unspecified atom stereocenters. The molecule has 2 aromatic rings. The highest BCUT2D eigenvalue weighted by Crippen LogP contribution is 2.34. The molecule has 0 aliphatic carbocycles. The average Bonchev–Trinajstić information content (AvgIpc) is 2.75. The Balaban J connectivity index is 1.92. The molecule has 1 heterocycles. The van der Waals surface area contributed by atoms with Crippen LogP contribution in [0, 0.1) is 0 Å². The monoisotopic (exact) mass is 382 g/mol. The van der Waals surface area contributed by atoms with Crippen molar-refractivity contribution in [1.29, 1.82) is 0 Å². The summed E-state index contributed by atoms with van der Waals surface area (Å²) in [7, 11) is 0. The van der Waals surface area contributed by atoms with E-state index in [9.17, 15) is 9.59 Å². The van der Waals surface area contributed by atoms with Gasteiger partial charge in [-0.05, 0) is 30.7 Å². The van der Waals surface area contributed by atoms with Crippen LogP contribution in [0.4, 0.5) is 4.79 Å². The molecular weight excluding hydrogens is 371 g/mol. The largest absolute Gasteiger partial charge is 0.325 e. The Labute approximate surface area is 154 Å². The van der Waals surface area contributed by atoms with Crippen LogP contribution in [0.25, 0.3) is 0 Å². The zero-order chi connectivity index (χ0) is 17.5. The predicted molar refractivity (Wildman–Crippen MR) is 94.3 cm³/mol. The summed E-state index contributed by atoms with van der Waals surface area (Å²) in [5, 5.41) is 3.93. The van der Waals surface area contributed by atoms with Crippen LogP contribution in [0.1, 0.15) is 18.1 Å². The number of benzene rings is 2. The maximum absolute atomic E-state index is 12.9. The van der Waals surface area contributed by atoms with Gasteiger partial charge in [0, 0.05) is 10.6 Å². The van der Waals surface area contributed by atoms with Crippen LogP contribution >= 0.6 is 34.8 Å². The van der Waals surface area contributed by atoms with E-state index in [1.54, 1.807) is 49.4 Å². The Morgan fingerprint density at radius 1 is 1.00 bits per heavy atom. The maximum Gasteiger partial charge on any atom is 0.325 e. The van der Waals surface area contributed by atoms with Crippen molar-refractivity contribution in [3.8, 4) is 0 Å². The molecule has 3 amide bonds. The van der Waals surface area contributed by atoms with E-state index >= 15 is 0 Å². The SMILES string of the molecule is C[C@@]1(c2ccccc2Cl)NC(=O)N(Cc2ccc(Cl)c(Cl)c2)C1=O. The number of rotatable bonds is 3. The highest BCUT2D eigenvalue weighted by molar-refractivity contribution is 6.42. The Morgan fingerprint density at radius 3 is 2.38 bits per heavy atom. The summed E-state index contributed by atoms with van der Waals surface area (Å²) in [5.74, 6) is -0.369. The minimum absolute atomic E-state index is 0.0988. The average molecular weight is 384 g/mol. The smallest absolute Gasteiger partial charge is 0.319 e. The van der Waals surface area contributed by atoms with E-state index < -0.39 is 11.6 Å². The molecular formula is C17H13Cl3N2O2. The third-order valence-electron chi connectivity index (χ3n) is 4.01. The molecule has 3 rings (SSSR count). The molecule has 0 saturated carbocycles. The minimum atomic E-state index is -1.20. The summed E-state index contributed by atoms with van der Waals surface area (Å²) in [5.41, 5.74) is 0.0593. The molecule has 4 nitrogen and oxygen atoms in total. The van der Waals surface area contributed by atoms with Crippen LogP contribution in [-0.2, 0) is 16.9 Å². The van der Waals surface area contributed by atoms with Crippen LogP contribution in [0.3, 0.4) is 0 Å². The molecule has 1 aliphatic heterocycles. The fraction of sp³-hybridized carbons (Fsp3) is 0.176. The van der Waals surface area contributed by atoms with Crippen molar-refractivity contribution in [2.24, 2.45) is 0 Å². The van der Waals surface area contributed by atoms with Crippen LogP contribution in [0.15, 0.2) is 42.5 Å². The Kier molecular flexibility index (Phi) is 4.47. The molecule has 1 fully saturated rings. The van der Waals surface area contributed by atoms with Crippen molar-refractivity contribution in [1.82, 2.24) is 10.2 Å². The van der Waals surface area contributed by atoms with Gasteiger partial charge >= 0.3 is 6.03 Å². The quantitative estimate of drug-likeness (QED) is 0.787. The number of nitrogens with one attached hydrogen (secondary N) is 1. The Hall–Kier alpha value is -1.75. The van der Waals surface area contributed by atoms with Gasteiger partial charge in [0.25, 0.3) is 5.91 Å². The van der Waals surface area contributed by atoms with Crippen LogP contribution in [0.2, 0.25) is 15.1 Å². The summed E-state index contributed by atoms with van der Waals surface area (Å²) in [6.45, 7) is 1.74. The lowest BCUT2D eigenvalue weighted by Gasteiger charge is -2.23. The Bertz CT molecular complexity index is 840. The van der Waals surface area contributed by atoms with E-state index in [0.717, 1.165) is 4.90 Å². The number of urea groups is 1. The van der Waals surface area contributed by atoms with E-state index in [1.165, 1.54) is 0 Å². The van der Waals surface area contributed by atoms with E-state index in [0.29, 0.717) is 26.2 Å². The molecule has 0 bridgehead atoms. The second-order valence-electron chi connectivity index (χ2n) is 5.67. The highest BCUT2D eigenvalue weighted by atomic mass is 35.5. The Morgan fingerprint density at radius 2 is 1.71 bits per heavy atom. The van der Waals surface area contributed by atoms with Gasteiger partial charge < -0.3 is 5.32 Å². The predicted octanol–water partition coefficient (Wildman–Crippen LogP) is 4.61. The van der Waals surface area contributed by atoms with E-state index in [1.807, 2.05) is 0 Å². The number of hydrogen-bond donors (Lipinski definition) is 1. The maximum atomic E-state index is 12.9. The first-order chi connectivity index (χ1) is 11.3.